The van der Waals surface area contributed by atoms with Crippen LogP contribution in [0.1, 0.15) is 44.3 Å². The van der Waals surface area contributed by atoms with Crippen molar-refractivity contribution in [2.75, 3.05) is 0 Å². The molecule has 4 nitrogen and oxygen atoms in total. The van der Waals surface area contributed by atoms with Crippen molar-refractivity contribution in [3.8, 4) is 11.5 Å². The van der Waals surface area contributed by atoms with E-state index in [1.54, 1.807) is 0 Å². The zero-order valence-corrected chi connectivity index (χ0v) is 11.6. The van der Waals surface area contributed by atoms with Gasteiger partial charge < -0.3 is 10.3 Å². The molecule has 1 aromatic carbocycles. The smallest absolute Gasteiger partial charge is 0.258 e. The fraction of sp³-hybridized carbons (Fsp3) is 0.467. The van der Waals surface area contributed by atoms with Crippen molar-refractivity contribution >= 4 is 0 Å². The van der Waals surface area contributed by atoms with Crippen molar-refractivity contribution in [2.45, 2.75) is 44.1 Å². The second-order valence-corrected chi connectivity index (χ2v) is 5.62. The minimum atomic E-state index is -0.941. The van der Waals surface area contributed by atoms with Crippen LogP contribution >= 0.6 is 0 Å². The second kappa shape index (κ2) is 5.52. The van der Waals surface area contributed by atoms with Crippen LogP contribution in [0.5, 0.6) is 0 Å². The molecule has 1 aliphatic carbocycles. The van der Waals surface area contributed by atoms with Gasteiger partial charge in [0.2, 0.25) is 0 Å². The summed E-state index contributed by atoms with van der Waals surface area (Å²) in [5.74, 6) is -1.23. The van der Waals surface area contributed by atoms with Crippen LogP contribution in [0, 0.1) is 11.6 Å². The fourth-order valence-electron chi connectivity index (χ4n) is 2.76. The Kier molecular flexibility index (Phi) is 3.71. The molecule has 6 heteroatoms. The van der Waals surface area contributed by atoms with Gasteiger partial charge in [0.1, 0.15) is 0 Å². The first-order chi connectivity index (χ1) is 10.1. The summed E-state index contributed by atoms with van der Waals surface area (Å²) in [5, 5.41) is 3.95. The van der Waals surface area contributed by atoms with Crippen molar-refractivity contribution in [1.29, 1.82) is 0 Å². The molecule has 1 aliphatic rings. The van der Waals surface area contributed by atoms with Crippen LogP contribution in [0.2, 0.25) is 0 Å². The van der Waals surface area contributed by atoms with Gasteiger partial charge in [-0.2, -0.15) is 4.98 Å². The van der Waals surface area contributed by atoms with Crippen molar-refractivity contribution in [3.05, 3.63) is 35.7 Å². The van der Waals surface area contributed by atoms with Gasteiger partial charge in [-0.25, -0.2) is 8.78 Å². The Morgan fingerprint density at radius 3 is 2.43 bits per heavy atom. The molecule has 0 bridgehead atoms. The lowest BCUT2D eigenvalue weighted by molar-refractivity contribution is 0.334. The molecular weight excluding hydrogens is 276 g/mol. The molecule has 2 aromatic rings. The van der Waals surface area contributed by atoms with Gasteiger partial charge in [0.25, 0.3) is 5.89 Å². The molecule has 112 valence electrons. The molecule has 1 saturated carbocycles. The van der Waals surface area contributed by atoms with Gasteiger partial charge in [-0.15, -0.1) is 0 Å². The zero-order valence-electron chi connectivity index (χ0n) is 11.6. The maximum atomic E-state index is 13.3. The second-order valence-electron chi connectivity index (χ2n) is 5.62. The lowest BCUT2D eigenvalue weighted by atomic mass is 9.91. The molecule has 0 saturated heterocycles. The van der Waals surface area contributed by atoms with Crippen LogP contribution in [0.25, 0.3) is 11.5 Å². The topological polar surface area (TPSA) is 64.9 Å². The predicted molar refractivity (Wildman–Crippen MR) is 73.2 cm³/mol. The summed E-state index contributed by atoms with van der Waals surface area (Å²) in [6.07, 6.45) is 6.00. The first-order valence-corrected chi connectivity index (χ1v) is 7.17. The minimum Gasteiger partial charge on any atom is -0.334 e. The first-order valence-electron chi connectivity index (χ1n) is 7.17. The average Bonchev–Trinajstić information content (AvgIpc) is 2.86. The number of rotatable bonds is 2. The summed E-state index contributed by atoms with van der Waals surface area (Å²) in [4.78, 5) is 4.30. The number of aromatic nitrogens is 2. The number of nitrogens with two attached hydrogens (primary N) is 1. The Hall–Kier alpha value is -1.82. The third-order valence-electron chi connectivity index (χ3n) is 4.03. The van der Waals surface area contributed by atoms with E-state index in [4.69, 9.17) is 10.3 Å². The SMILES string of the molecule is NC1(c2noc(-c3ccc(F)c(F)c3)n2)CCCCCC1. The molecule has 1 fully saturated rings. The van der Waals surface area contributed by atoms with Crippen molar-refractivity contribution in [1.82, 2.24) is 10.1 Å². The highest BCUT2D eigenvalue weighted by Gasteiger charge is 2.33. The van der Waals surface area contributed by atoms with E-state index in [9.17, 15) is 8.78 Å². The van der Waals surface area contributed by atoms with Crippen LogP contribution in [0.3, 0.4) is 0 Å². The first kappa shape index (κ1) is 14.1. The van der Waals surface area contributed by atoms with E-state index in [1.807, 2.05) is 0 Å². The third-order valence-corrected chi connectivity index (χ3v) is 4.03. The Bertz CT molecular complexity index is 634. The van der Waals surface area contributed by atoms with Crippen LogP contribution in [-0.4, -0.2) is 10.1 Å². The van der Waals surface area contributed by atoms with E-state index in [0.717, 1.165) is 50.7 Å². The summed E-state index contributed by atoms with van der Waals surface area (Å²) in [6.45, 7) is 0. The normalized spacial score (nSPS) is 18.4. The van der Waals surface area contributed by atoms with Gasteiger partial charge in [-0.1, -0.05) is 30.8 Å². The fourth-order valence-corrected chi connectivity index (χ4v) is 2.76. The van der Waals surface area contributed by atoms with Crippen molar-refractivity contribution < 1.29 is 13.3 Å². The Labute approximate surface area is 121 Å². The molecule has 2 N–H and O–H groups in total. The summed E-state index contributed by atoms with van der Waals surface area (Å²) >= 11 is 0. The predicted octanol–water partition coefficient (Wildman–Crippen LogP) is 3.52. The highest BCUT2D eigenvalue weighted by atomic mass is 19.2. The molecule has 0 spiro atoms. The van der Waals surface area contributed by atoms with E-state index in [1.165, 1.54) is 6.07 Å². The molecule has 0 amide bonds. The summed E-state index contributed by atoms with van der Waals surface area (Å²) in [6, 6.07) is 3.49. The van der Waals surface area contributed by atoms with E-state index < -0.39 is 17.2 Å². The van der Waals surface area contributed by atoms with Gasteiger partial charge in [0, 0.05) is 5.56 Å². The zero-order chi connectivity index (χ0) is 14.9. The summed E-state index contributed by atoms with van der Waals surface area (Å²) < 4.78 is 31.4. The Morgan fingerprint density at radius 2 is 1.76 bits per heavy atom. The summed E-state index contributed by atoms with van der Waals surface area (Å²) in [7, 11) is 0. The van der Waals surface area contributed by atoms with Crippen LogP contribution in [0.15, 0.2) is 22.7 Å². The third kappa shape index (κ3) is 2.81. The molecule has 3 rings (SSSR count). The van der Waals surface area contributed by atoms with E-state index in [-0.39, 0.29) is 5.89 Å². The molecule has 0 aliphatic heterocycles. The maximum Gasteiger partial charge on any atom is 0.258 e. The summed E-state index contributed by atoms with van der Waals surface area (Å²) in [5.41, 5.74) is 6.17. The molecule has 0 radical (unpaired) electrons. The lowest BCUT2D eigenvalue weighted by Gasteiger charge is -2.23. The van der Waals surface area contributed by atoms with E-state index in [2.05, 4.69) is 10.1 Å². The van der Waals surface area contributed by atoms with Gasteiger partial charge in [0.05, 0.1) is 5.54 Å². The van der Waals surface area contributed by atoms with Gasteiger partial charge in [-0.3, -0.25) is 0 Å². The molecule has 1 heterocycles. The van der Waals surface area contributed by atoms with E-state index >= 15 is 0 Å². The van der Waals surface area contributed by atoms with Crippen molar-refractivity contribution in [3.63, 3.8) is 0 Å². The van der Waals surface area contributed by atoms with Gasteiger partial charge in [-0.05, 0) is 31.0 Å². The van der Waals surface area contributed by atoms with E-state index in [0.29, 0.717) is 11.4 Å². The quantitative estimate of drug-likeness (QED) is 0.860. The monoisotopic (exact) mass is 293 g/mol. The van der Waals surface area contributed by atoms with Crippen molar-refractivity contribution in [2.24, 2.45) is 5.73 Å². The molecule has 21 heavy (non-hydrogen) atoms. The number of nitrogens with zero attached hydrogens (tertiary/aromatic N) is 2. The van der Waals surface area contributed by atoms with Crippen LogP contribution in [0.4, 0.5) is 8.78 Å². The maximum absolute atomic E-state index is 13.3. The number of halogens is 2. The molecule has 0 atom stereocenters. The number of benzene rings is 1. The Balaban J connectivity index is 1.90. The van der Waals surface area contributed by atoms with Gasteiger partial charge >= 0.3 is 0 Å². The molecule has 0 unspecified atom stereocenters. The highest BCUT2D eigenvalue weighted by molar-refractivity contribution is 5.52. The average molecular weight is 293 g/mol. The minimum absolute atomic E-state index is 0.165. The number of hydrogen-bond donors (Lipinski definition) is 1. The lowest BCUT2D eigenvalue weighted by Crippen LogP contribution is -2.37. The number of hydrogen-bond acceptors (Lipinski definition) is 4. The molecule has 1 aromatic heterocycles. The highest BCUT2D eigenvalue weighted by Crippen LogP contribution is 2.33. The standard InChI is InChI=1S/C15H17F2N3O/c16-11-6-5-10(9-12(11)17)13-19-14(20-21-13)15(18)7-3-1-2-4-8-15/h5-6,9H,1-4,7-8,18H2. The van der Waals surface area contributed by atoms with Crippen LogP contribution < -0.4 is 5.73 Å². The van der Waals surface area contributed by atoms with Gasteiger partial charge in [0.15, 0.2) is 17.5 Å². The Morgan fingerprint density at radius 1 is 1.05 bits per heavy atom. The molecular formula is C15H17F2N3O. The van der Waals surface area contributed by atoms with Crippen LogP contribution in [-0.2, 0) is 5.54 Å². The largest absolute Gasteiger partial charge is 0.334 e.